The molecule has 0 unspecified atom stereocenters. The van der Waals surface area contributed by atoms with E-state index in [0.717, 1.165) is 16.1 Å². The van der Waals surface area contributed by atoms with Crippen LogP contribution in [0.4, 0.5) is 5.13 Å². The summed E-state index contributed by atoms with van der Waals surface area (Å²) in [6.45, 7) is 0. The van der Waals surface area contributed by atoms with E-state index in [1.807, 2.05) is 47.2 Å². The zero-order valence-electron chi connectivity index (χ0n) is 14.6. The number of thiophene rings is 1. The van der Waals surface area contributed by atoms with Gasteiger partial charge in [0, 0.05) is 28.8 Å². The molecule has 1 amide bonds. The molecule has 3 aromatic heterocycles. The molecule has 0 atom stereocenters. The summed E-state index contributed by atoms with van der Waals surface area (Å²) < 4.78 is 5.24. The van der Waals surface area contributed by atoms with Crippen LogP contribution < -0.4 is 5.32 Å². The maximum absolute atomic E-state index is 12.2. The zero-order chi connectivity index (χ0) is 19.3. The van der Waals surface area contributed by atoms with Crippen LogP contribution in [0.15, 0.2) is 51.7 Å². The summed E-state index contributed by atoms with van der Waals surface area (Å²) in [6.07, 6.45) is 1.51. The van der Waals surface area contributed by atoms with E-state index >= 15 is 0 Å². The van der Waals surface area contributed by atoms with Crippen molar-refractivity contribution in [3.63, 3.8) is 0 Å². The van der Waals surface area contributed by atoms with Crippen LogP contribution in [0, 0.1) is 0 Å². The van der Waals surface area contributed by atoms with E-state index in [9.17, 15) is 4.79 Å². The molecular formula is C19H15ClN4O2S2. The van der Waals surface area contributed by atoms with E-state index in [-0.39, 0.29) is 5.91 Å². The molecule has 0 fully saturated rings. The highest BCUT2D eigenvalue weighted by Gasteiger charge is 2.12. The molecule has 6 nitrogen and oxygen atoms in total. The summed E-state index contributed by atoms with van der Waals surface area (Å²) >= 11 is 9.12. The van der Waals surface area contributed by atoms with Gasteiger partial charge in [-0.1, -0.05) is 41.0 Å². The lowest BCUT2D eigenvalue weighted by atomic mass is 10.2. The van der Waals surface area contributed by atoms with Crippen LogP contribution in [0.1, 0.15) is 18.7 Å². The Morgan fingerprint density at radius 1 is 1.14 bits per heavy atom. The van der Waals surface area contributed by atoms with Gasteiger partial charge in [0.25, 0.3) is 0 Å². The van der Waals surface area contributed by atoms with Crippen molar-refractivity contribution in [3.8, 4) is 22.0 Å². The monoisotopic (exact) mass is 430 g/mol. The van der Waals surface area contributed by atoms with Crippen molar-refractivity contribution in [2.24, 2.45) is 0 Å². The number of hydrogen-bond donors (Lipinski definition) is 1. The maximum Gasteiger partial charge on any atom is 0.226 e. The number of halogens is 1. The predicted molar refractivity (Wildman–Crippen MR) is 112 cm³/mol. The van der Waals surface area contributed by atoms with Crippen molar-refractivity contribution in [2.75, 3.05) is 5.32 Å². The van der Waals surface area contributed by atoms with E-state index in [0.29, 0.717) is 41.1 Å². The molecule has 0 saturated heterocycles. The van der Waals surface area contributed by atoms with Gasteiger partial charge in [0.1, 0.15) is 0 Å². The van der Waals surface area contributed by atoms with Gasteiger partial charge in [0.15, 0.2) is 5.13 Å². The van der Waals surface area contributed by atoms with Crippen molar-refractivity contribution in [1.82, 2.24) is 15.1 Å². The SMILES string of the molecule is O=C(CCCc1nc(-c2cccs2)no1)Nc1nc(-c2ccccc2Cl)cs1. The number of aromatic nitrogens is 3. The minimum Gasteiger partial charge on any atom is -0.339 e. The average molecular weight is 431 g/mol. The molecule has 1 N–H and O–H groups in total. The molecule has 0 aliphatic rings. The highest BCUT2D eigenvalue weighted by molar-refractivity contribution is 7.14. The summed E-state index contributed by atoms with van der Waals surface area (Å²) in [6, 6.07) is 11.4. The number of amides is 1. The van der Waals surface area contributed by atoms with Crippen LogP contribution in [-0.2, 0) is 11.2 Å². The lowest BCUT2D eigenvalue weighted by Crippen LogP contribution is -2.11. The molecule has 28 heavy (non-hydrogen) atoms. The number of thiazole rings is 1. The number of nitrogens with one attached hydrogen (secondary N) is 1. The first-order valence-electron chi connectivity index (χ1n) is 8.56. The molecule has 0 spiro atoms. The number of aryl methyl sites for hydroxylation is 1. The largest absolute Gasteiger partial charge is 0.339 e. The highest BCUT2D eigenvalue weighted by atomic mass is 35.5. The molecule has 142 valence electrons. The fourth-order valence-corrected chi connectivity index (χ4v) is 4.18. The summed E-state index contributed by atoms with van der Waals surface area (Å²) in [4.78, 5) is 21.9. The Kier molecular flexibility index (Phi) is 5.80. The summed E-state index contributed by atoms with van der Waals surface area (Å²) in [7, 11) is 0. The number of anilines is 1. The third-order valence-corrected chi connectivity index (χ3v) is 5.86. The Hall–Kier alpha value is -2.55. The normalized spacial score (nSPS) is 10.9. The number of benzene rings is 1. The fraction of sp³-hybridized carbons (Fsp3) is 0.158. The fourth-order valence-electron chi connectivity index (χ4n) is 2.57. The van der Waals surface area contributed by atoms with Crippen molar-refractivity contribution in [2.45, 2.75) is 19.3 Å². The van der Waals surface area contributed by atoms with Gasteiger partial charge in [-0.25, -0.2) is 4.98 Å². The zero-order valence-corrected chi connectivity index (χ0v) is 17.0. The van der Waals surface area contributed by atoms with Crippen molar-refractivity contribution in [3.05, 3.63) is 58.1 Å². The van der Waals surface area contributed by atoms with Crippen LogP contribution >= 0.6 is 34.3 Å². The van der Waals surface area contributed by atoms with Crippen molar-refractivity contribution in [1.29, 1.82) is 0 Å². The van der Waals surface area contributed by atoms with Crippen molar-refractivity contribution < 1.29 is 9.32 Å². The van der Waals surface area contributed by atoms with E-state index < -0.39 is 0 Å². The smallest absolute Gasteiger partial charge is 0.226 e. The first-order chi connectivity index (χ1) is 13.7. The Labute approximate surface area is 174 Å². The van der Waals surface area contributed by atoms with Gasteiger partial charge in [0.2, 0.25) is 17.6 Å². The van der Waals surface area contributed by atoms with Crippen LogP contribution in [-0.4, -0.2) is 21.0 Å². The summed E-state index contributed by atoms with van der Waals surface area (Å²) in [5, 5.41) is 11.8. The molecule has 3 heterocycles. The van der Waals surface area contributed by atoms with E-state index in [4.69, 9.17) is 16.1 Å². The van der Waals surface area contributed by atoms with Gasteiger partial charge in [-0.15, -0.1) is 22.7 Å². The topological polar surface area (TPSA) is 80.9 Å². The van der Waals surface area contributed by atoms with Gasteiger partial charge in [-0.3, -0.25) is 4.79 Å². The average Bonchev–Trinajstić information content (AvgIpc) is 3.44. The van der Waals surface area contributed by atoms with Gasteiger partial charge >= 0.3 is 0 Å². The van der Waals surface area contributed by atoms with Crippen LogP contribution in [0.25, 0.3) is 22.0 Å². The van der Waals surface area contributed by atoms with Gasteiger partial charge in [-0.05, 0) is 23.9 Å². The Morgan fingerprint density at radius 2 is 2.04 bits per heavy atom. The third kappa shape index (κ3) is 4.46. The van der Waals surface area contributed by atoms with Gasteiger partial charge < -0.3 is 9.84 Å². The van der Waals surface area contributed by atoms with Crippen molar-refractivity contribution >= 4 is 45.3 Å². The minimum absolute atomic E-state index is 0.0990. The molecule has 0 saturated carbocycles. The minimum atomic E-state index is -0.0990. The number of carbonyl (C=O) groups is 1. The second kappa shape index (κ2) is 8.64. The molecule has 0 radical (unpaired) electrons. The summed E-state index contributed by atoms with van der Waals surface area (Å²) in [5.41, 5.74) is 1.59. The lowest BCUT2D eigenvalue weighted by molar-refractivity contribution is -0.116. The molecule has 4 aromatic rings. The number of nitrogens with zero attached hydrogens (tertiary/aromatic N) is 3. The van der Waals surface area contributed by atoms with Gasteiger partial charge in [0.05, 0.1) is 10.6 Å². The second-order valence-electron chi connectivity index (χ2n) is 5.91. The van der Waals surface area contributed by atoms with Gasteiger partial charge in [-0.2, -0.15) is 4.98 Å². The quantitative estimate of drug-likeness (QED) is 0.416. The van der Waals surface area contributed by atoms with Crippen LogP contribution in [0.3, 0.4) is 0 Å². The molecule has 0 aliphatic carbocycles. The maximum atomic E-state index is 12.2. The van der Waals surface area contributed by atoms with E-state index in [1.54, 1.807) is 11.3 Å². The molecule has 9 heteroatoms. The Morgan fingerprint density at radius 3 is 2.86 bits per heavy atom. The van der Waals surface area contributed by atoms with Crippen LogP contribution in [0.5, 0.6) is 0 Å². The molecule has 0 aliphatic heterocycles. The Bertz CT molecular complexity index is 1080. The lowest BCUT2D eigenvalue weighted by Gasteiger charge is -2.01. The molecule has 4 rings (SSSR count). The highest BCUT2D eigenvalue weighted by Crippen LogP contribution is 2.30. The number of carbonyl (C=O) groups excluding carboxylic acids is 1. The first kappa shape index (κ1) is 18.8. The number of rotatable bonds is 7. The number of hydrogen-bond acceptors (Lipinski definition) is 7. The van der Waals surface area contributed by atoms with E-state index in [1.165, 1.54) is 11.3 Å². The van der Waals surface area contributed by atoms with E-state index in [2.05, 4.69) is 20.4 Å². The first-order valence-corrected chi connectivity index (χ1v) is 10.7. The third-order valence-electron chi connectivity index (χ3n) is 3.90. The molecule has 1 aromatic carbocycles. The van der Waals surface area contributed by atoms with Crippen LogP contribution in [0.2, 0.25) is 5.02 Å². The predicted octanol–water partition coefficient (Wildman–Crippen LogP) is 5.54. The standard InChI is InChI=1S/C19H15ClN4O2S2/c20-13-6-2-1-5-12(13)14-11-28-19(21-14)22-16(25)8-3-9-17-23-18(24-26-17)15-7-4-10-27-15/h1-2,4-7,10-11H,3,8-9H2,(H,21,22,25). The molecular weight excluding hydrogens is 416 g/mol. The molecule has 0 bridgehead atoms. The second-order valence-corrected chi connectivity index (χ2v) is 8.12. The Balaban J connectivity index is 1.28. The summed E-state index contributed by atoms with van der Waals surface area (Å²) in [5.74, 6) is 1.02.